The summed E-state index contributed by atoms with van der Waals surface area (Å²) in [5.74, 6) is 0.934. The molecule has 0 saturated heterocycles. The van der Waals surface area contributed by atoms with Crippen LogP contribution >= 0.6 is 15.9 Å². The highest BCUT2D eigenvalue weighted by Gasteiger charge is 2.01. The Labute approximate surface area is 129 Å². The monoisotopic (exact) mass is 333 g/mol. The summed E-state index contributed by atoms with van der Waals surface area (Å²) in [6.45, 7) is 6.48. The standard InChI is InChI=1S/C17H20BrNO/c1-3-20-16-6-4-5-14(10-16)11-19-12-15-8-7-13(2)9-17(15)18/h4-10,19H,3,11-12H2,1-2H3. The van der Waals surface area contributed by atoms with Crippen LogP contribution < -0.4 is 10.1 Å². The number of ether oxygens (including phenoxy) is 1. The Morgan fingerprint density at radius 3 is 2.70 bits per heavy atom. The molecule has 0 atom stereocenters. The number of rotatable bonds is 6. The van der Waals surface area contributed by atoms with Crippen molar-refractivity contribution in [2.75, 3.05) is 6.61 Å². The van der Waals surface area contributed by atoms with Crippen molar-refractivity contribution in [1.29, 1.82) is 0 Å². The molecule has 0 aliphatic rings. The van der Waals surface area contributed by atoms with Crippen molar-refractivity contribution in [2.45, 2.75) is 26.9 Å². The molecular weight excluding hydrogens is 314 g/mol. The molecule has 0 spiro atoms. The predicted molar refractivity (Wildman–Crippen MR) is 87.0 cm³/mol. The number of nitrogens with one attached hydrogen (secondary N) is 1. The molecule has 0 aliphatic heterocycles. The van der Waals surface area contributed by atoms with Gasteiger partial charge in [0.2, 0.25) is 0 Å². The molecule has 2 aromatic carbocycles. The highest BCUT2D eigenvalue weighted by molar-refractivity contribution is 9.10. The van der Waals surface area contributed by atoms with Crippen molar-refractivity contribution >= 4 is 15.9 Å². The zero-order chi connectivity index (χ0) is 14.4. The highest BCUT2D eigenvalue weighted by atomic mass is 79.9. The van der Waals surface area contributed by atoms with E-state index in [1.807, 2.05) is 19.1 Å². The first kappa shape index (κ1) is 15.1. The van der Waals surface area contributed by atoms with Crippen molar-refractivity contribution in [1.82, 2.24) is 5.32 Å². The Bertz CT molecular complexity index is 569. The average molecular weight is 334 g/mol. The van der Waals surface area contributed by atoms with Crippen LogP contribution in [0.25, 0.3) is 0 Å². The lowest BCUT2D eigenvalue weighted by Crippen LogP contribution is -2.13. The maximum atomic E-state index is 5.51. The molecule has 0 fully saturated rings. The minimum atomic E-state index is 0.702. The van der Waals surface area contributed by atoms with Gasteiger partial charge in [-0.1, -0.05) is 40.2 Å². The fourth-order valence-corrected chi connectivity index (χ4v) is 2.68. The van der Waals surface area contributed by atoms with Crippen LogP contribution in [0.15, 0.2) is 46.9 Å². The van der Waals surface area contributed by atoms with E-state index >= 15 is 0 Å². The van der Waals surface area contributed by atoms with Gasteiger partial charge in [-0.3, -0.25) is 0 Å². The van der Waals surface area contributed by atoms with Crippen LogP contribution in [0.3, 0.4) is 0 Å². The second-order valence-electron chi connectivity index (χ2n) is 4.78. The SMILES string of the molecule is CCOc1cccc(CNCc2ccc(C)cc2Br)c1. The van der Waals surface area contributed by atoms with Crippen LogP contribution in [-0.2, 0) is 13.1 Å². The van der Waals surface area contributed by atoms with Gasteiger partial charge in [-0.05, 0) is 48.7 Å². The third-order valence-corrected chi connectivity index (χ3v) is 3.80. The van der Waals surface area contributed by atoms with Crippen molar-refractivity contribution in [3.8, 4) is 5.75 Å². The van der Waals surface area contributed by atoms with E-state index in [4.69, 9.17) is 4.74 Å². The molecule has 0 unspecified atom stereocenters. The zero-order valence-corrected chi connectivity index (χ0v) is 13.5. The van der Waals surface area contributed by atoms with Crippen molar-refractivity contribution in [3.05, 3.63) is 63.6 Å². The van der Waals surface area contributed by atoms with Gasteiger partial charge in [0.15, 0.2) is 0 Å². The third-order valence-electron chi connectivity index (χ3n) is 3.06. The van der Waals surface area contributed by atoms with Gasteiger partial charge in [0.05, 0.1) is 6.61 Å². The Balaban J connectivity index is 1.90. The summed E-state index contributed by atoms with van der Waals surface area (Å²) < 4.78 is 6.67. The van der Waals surface area contributed by atoms with E-state index in [-0.39, 0.29) is 0 Å². The molecular formula is C17H20BrNO. The fraction of sp³-hybridized carbons (Fsp3) is 0.294. The van der Waals surface area contributed by atoms with E-state index in [2.05, 4.69) is 58.5 Å². The van der Waals surface area contributed by atoms with Crippen molar-refractivity contribution < 1.29 is 4.74 Å². The average Bonchev–Trinajstić information content (AvgIpc) is 2.42. The molecule has 1 N–H and O–H groups in total. The summed E-state index contributed by atoms with van der Waals surface area (Å²) in [4.78, 5) is 0. The van der Waals surface area contributed by atoms with Gasteiger partial charge >= 0.3 is 0 Å². The molecule has 0 aromatic heterocycles. The summed E-state index contributed by atoms with van der Waals surface area (Å²) in [7, 11) is 0. The van der Waals surface area contributed by atoms with Crippen molar-refractivity contribution in [3.63, 3.8) is 0 Å². The maximum Gasteiger partial charge on any atom is 0.119 e. The van der Waals surface area contributed by atoms with Crippen LogP contribution in [0.4, 0.5) is 0 Å². The molecule has 0 amide bonds. The second kappa shape index (κ2) is 7.46. The van der Waals surface area contributed by atoms with Crippen LogP contribution in [0.5, 0.6) is 5.75 Å². The predicted octanol–water partition coefficient (Wildman–Crippen LogP) is 4.45. The van der Waals surface area contributed by atoms with Crippen LogP contribution in [-0.4, -0.2) is 6.61 Å². The lowest BCUT2D eigenvalue weighted by Gasteiger charge is -2.09. The first-order valence-corrected chi connectivity index (χ1v) is 7.66. The molecule has 0 saturated carbocycles. The first-order valence-electron chi connectivity index (χ1n) is 6.86. The fourth-order valence-electron chi connectivity index (χ4n) is 2.05. The smallest absolute Gasteiger partial charge is 0.119 e. The van der Waals surface area contributed by atoms with Gasteiger partial charge in [-0.25, -0.2) is 0 Å². The second-order valence-corrected chi connectivity index (χ2v) is 5.63. The van der Waals surface area contributed by atoms with Gasteiger partial charge < -0.3 is 10.1 Å². The minimum Gasteiger partial charge on any atom is -0.494 e. The summed E-state index contributed by atoms with van der Waals surface area (Å²) >= 11 is 3.61. The molecule has 106 valence electrons. The Kier molecular flexibility index (Phi) is 5.62. The van der Waals surface area contributed by atoms with E-state index in [9.17, 15) is 0 Å². The topological polar surface area (TPSA) is 21.3 Å². The van der Waals surface area contributed by atoms with E-state index in [1.165, 1.54) is 16.7 Å². The Morgan fingerprint density at radius 2 is 1.95 bits per heavy atom. The number of benzene rings is 2. The Morgan fingerprint density at radius 1 is 1.10 bits per heavy atom. The van der Waals surface area contributed by atoms with E-state index in [0.717, 1.165) is 23.3 Å². The molecule has 0 aliphatic carbocycles. The quantitative estimate of drug-likeness (QED) is 0.843. The number of hydrogen-bond acceptors (Lipinski definition) is 2. The summed E-state index contributed by atoms with van der Waals surface area (Å²) in [6, 6.07) is 14.7. The first-order chi connectivity index (χ1) is 9.69. The van der Waals surface area contributed by atoms with Crippen LogP contribution in [0, 0.1) is 6.92 Å². The number of hydrogen-bond donors (Lipinski definition) is 1. The van der Waals surface area contributed by atoms with E-state index in [0.29, 0.717) is 6.61 Å². The molecule has 2 rings (SSSR count). The molecule has 0 radical (unpaired) electrons. The molecule has 0 bridgehead atoms. The zero-order valence-electron chi connectivity index (χ0n) is 11.9. The summed E-state index contributed by atoms with van der Waals surface area (Å²) in [6.07, 6.45) is 0. The lowest BCUT2D eigenvalue weighted by molar-refractivity contribution is 0.340. The van der Waals surface area contributed by atoms with E-state index < -0.39 is 0 Å². The molecule has 0 heterocycles. The molecule has 3 heteroatoms. The molecule has 20 heavy (non-hydrogen) atoms. The lowest BCUT2D eigenvalue weighted by atomic mass is 10.1. The number of halogens is 1. The van der Waals surface area contributed by atoms with Gasteiger partial charge in [0, 0.05) is 17.6 Å². The van der Waals surface area contributed by atoms with Gasteiger partial charge in [0.25, 0.3) is 0 Å². The minimum absolute atomic E-state index is 0.702. The molecule has 2 aromatic rings. The van der Waals surface area contributed by atoms with Gasteiger partial charge in [0.1, 0.15) is 5.75 Å². The van der Waals surface area contributed by atoms with Crippen LogP contribution in [0.2, 0.25) is 0 Å². The highest BCUT2D eigenvalue weighted by Crippen LogP contribution is 2.18. The van der Waals surface area contributed by atoms with Gasteiger partial charge in [-0.2, -0.15) is 0 Å². The number of aryl methyl sites for hydroxylation is 1. The largest absolute Gasteiger partial charge is 0.494 e. The third kappa shape index (κ3) is 4.36. The Hall–Kier alpha value is -1.32. The van der Waals surface area contributed by atoms with Gasteiger partial charge in [-0.15, -0.1) is 0 Å². The van der Waals surface area contributed by atoms with Crippen LogP contribution in [0.1, 0.15) is 23.6 Å². The maximum absolute atomic E-state index is 5.51. The molecule has 2 nitrogen and oxygen atoms in total. The summed E-state index contributed by atoms with van der Waals surface area (Å²) in [5.41, 5.74) is 3.78. The van der Waals surface area contributed by atoms with Crippen molar-refractivity contribution in [2.24, 2.45) is 0 Å². The van der Waals surface area contributed by atoms with E-state index in [1.54, 1.807) is 0 Å². The normalized spacial score (nSPS) is 10.6. The summed E-state index contributed by atoms with van der Waals surface area (Å²) in [5, 5.41) is 3.46.